The van der Waals surface area contributed by atoms with Gasteiger partial charge in [-0.1, -0.05) is 11.6 Å². The summed E-state index contributed by atoms with van der Waals surface area (Å²) in [5, 5.41) is 11.9. The summed E-state index contributed by atoms with van der Waals surface area (Å²) in [5.74, 6) is -2.23. The molecule has 0 heterocycles. The van der Waals surface area contributed by atoms with Gasteiger partial charge in [-0.15, -0.1) is 0 Å². The Balaban J connectivity index is 2.17. The number of carboxylic acids is 1. The molecule has 0 saturated heterocycles. The summed E-state index contributed by atoms with van der Waals surface area (Å²) in [4.78, 5) is 10.9. The van der Waals surface area contributed by atoms with Gasteiger partial charge < -0.3 is 10.4 Å². The van der Waals surface area contributed by atoms with Gasteiger partial charge in [-0.2, -0.15) is 0 Å². The third kappa shape index (κ3) is 3.24. The van der Waals surface area contributed by atoms with Crippen molar-refractivity contribution in [1.29, 1.82) is 0 Å². The first-order valence-corrected chi connectivity index (χ1v) is 6.06. The molecule has 2 rings (SSSR count). The summed E-state index contributed by atoms with van der Waals surface area (Å²) in [6.45, 7) is 0.0320. The molecule has 20 heavy (non-hydrogen) atoms. The SMILES string of the molecule is O=C(O)c1cc(NCc2cc(F)ccc2F)ccc1Cl. The minimum atomic E-state index is -1.16. The zero-order valence-corrected chi connectivity index (χ0v) is 10.9. The summed E-state index contributed by atoms with van der Waals surface area (Å²) in [6, 6.07) is 7.47. The average molecular weight is 298 g/mol. The van der Waals surface area contributed by atoms with Gasteiger partial charge in [0.05, 0.1) is 10.6 Å². The molecule has 0 radical (unpaired) electrons. The summed E-state index contributed by atoms with van der Waals surface area (Å²) >= 11 is 5.74. The van der Waals surface area contributed by atoms with Gasteiger partial charge in [0.1, 0.15) is 11.6 Å². The van der Waals surface area contributed by atoms with E-state index in [1.54, 1.807) is 6.07 Å². The molecule has 0 atom stereocenters. The molecular weight excluding hydrogens is 288 g/mol. The van der Waals surface area contributed by atoms with Crippen molar-refractivity contribution in [2.24, 2.45) is 0 Å². The molecule has 0 unspecified atom stereocenters. The van der Waals surface area contributed by atoms with Crippen LogP contribution in [-0.2, 0) is 6.54 Å². The topological polar surface area (TPSA) is 49.3 Å². The molecule has 0 aliphatic heterocycles. The second-order valence-corrected chi connectivity index (χ2v) is 4.50. The van der Waals surface area contributed by atoms with Crippen molar-refractivity contribution in [2.45, 2.75) is 6.54 Å². The Morgan fingerprint density at radius 2 is 1.95 bits per heavy atom. The third-order valence-electron chi connectivity index (χ3n) is 2.69. The van der Waals surface area contributed by atoms with Gasteiger partial charge >= 0.3 is 5.97 Å². The number of hydrogen-bond donors (Lipinski definition) is 2. The smallest absolute Gasteiger partial charge is 0.337 e. The summed E-state index contributed by atoms with van der Waals surface area (Å²) in [5.41, 5.74) is 0.545. The molecule has 0 aliphatic rings. The van der Waals surface area contributed by atoms with E-state index in [9.17, 15) is 13.6 Å². The van der Waals surface area contributed by atoms with E-state index in [0.717, 1.165) is 18.2 Å². The molecule has 6 heteroatoms. The second-order valence-electron chi connectivity index (χ2n) is 4.09. The van der Waals surface area contributed by atoms with Crippen LogP contribution in [0.4, 0.5) is 14.5 Å². The fourth-order valence-electron chi connectivity index (χ4n) is 1.68. The number of anilines is 1. The van der Waals surface area contributed by atoms with Crippen LogP contribution in [0.25, 0.3) is 0 Å². The molecule has 0 saturated carbocycles. The van der Waals surface area contributed by atoms with Gasteiger partial charge in [0.15, 0.2) is 0 Å². The van der Waals surface area contributed by atoms with Crippen LogP contribution in [0.3, 0.4) is 0 Å². The maximum absolute atomic E-state index is 13.4. The lowest BCUT2D eigenvalue weighted by Gasteiger charge is -2.09. The minimum Gasteiger partial charge on any atom is -0.478 e. The van der Waals surface area contributed by atoms with Crippen LogP contribution in [0, 0.1) is 11.6 Å². The van der Waals surface area contributed by atoms with Gasteiger partial charge in [-0.05, 0) is 36.4 Å². The predicted molar refractivity (Wildman–Crippen MR) is 72.1 cm³/mol. The van der Waals surface area contributed by atoms with Gasteiger partial charge in [-0.3, -0.25) is 0 Å². The highest BCUT2D eigenvalue weighted by Gasteiger charge is 2.10. The number of carboxylic acid groups (broad SMARTS) is 1. The average Bonchev–Trinajstić information content (AvgIpc) is 2.41. The molecule has 2 N–H and O–H groups in total. The Hall–Kier alpha value is -2.14. The third-order valence-corrected chi connectivity index (χ3v) is 3.02. The fraction of sp³-hybridized carbons (Fsp3) is 0.0714. The van der Waals surface area contributed by atoms with E-state index >= 15 is 0 Å². The lowest BCUT2D eigenvalue weighted by Crippen LogP contribution is -2.04. The lowest BCUT2D eigenvalue weighted by molar-refractivity contribution is 0.0697. The monoisotopic (exact) mass is 297 g/mol. The highest BCUT2D eigenvalue weighted by Crippen LogP contribution is 2.21. The van der Waals surface area contributed by atoms with Crippen molar-refractivity contribution in [2.75, 3.05) is 5.32 Å². The first-order chi connectivity index (χ1) is 9.47. The van der Waals surface area contributed by atoms with Crippen LogP contribution in [0.2, 0.25) is 5.02 Å². The van der Waals surface area contributed by atoms with E-state index < -0.39 is 17.6 Å². The maximum atomic E-state index is 13.4. The number of nitrogens with one attached hydrogen (secondary N) is 1. The molecule has 0 aliphatic carbocycles. The van der Waals surface area contributed by atoms with Gasteiger partial charge in [0.2, 0.25) is 0 Å². The largest absolute Gasteiger partial charge is 0.478 e. The zero-order chi connectivity index (χ0) is 14.7. The number of benzene rings is 2. The van der Waals surface area contributed by atoms with Gasteiger partial charge in [0, 0.05) is 17.8 Å². The molecule has 0 aromatic heterocycles. The molecule has 104 valence electrons. The van der Waals surface area contributed by atoms with Crippen LogP contribution in [-0.4, -0.2) is 11.1 Å². The van der Waals surface area contributed by atoms with Crippen LogP contribution < -0.4 is 5.32 Å². The maximum Gasteiger partial charge on any atom is 0.337 e. The van der Waals surface area contributed by atoms with Crippen molar-refractivity contribution in [3.8, 4) is 0 Å². The number of halogens is 3. The normalized spacial score (nSPS) is 10.3. The molecule has 2 aromatic carbocycles. The van der Waals surface area contributed by atoms with Gasteiger partial charge in [0.25, 0.3) is 0 Å². The van der Waals surface area contributed by atoms with E-state index in [1.807, 2.05) is 0 Å². The highest BCUT2D eigenvalue weighted by atomic mass is 35.5. The van der Waals surface area contributed by atoms with Crippen molar-refractivity contribution >= 4 is 23.3 Å². The van der Waals surface area contributed by atoms with Crippen LogP contribution in [0.1, 0.15) is 15.9 Å². The Morgan fingerprint density at radius 3 is 2.65 bits per heavy atom. The van der Waals surface area contributed by atoms with E-state index in [1.165, 1.54) is 12.1 Å². The van der Waals surface area contributed by atoms with Gasteiger partial charge in [-0.25, -0.2) is 13.6 Å². The summed E-state index contributed by atoms with van der Waals surface area (Å²) in [7, 11) is 0. The molecule has 0 spiro atoms. The van der Waals surface area contributed by atoms with Crippen molar-refractivity contribution < 1.29 is 18.7 Å². The minimum absolute atomic E-state index is 0.0320. The Kier molecular flexibility index (Phi) is 4.20. The summed E-state index contributed by atoms with van der Waals surface area (Å²) in [6.07, 6.45) is 0. The predicted octanol–water partition coefficient (Wildman–Crippen LogP) is 3.93. The van der Waals surface area contributed by atoms with E-state index in [0.29, 0.717) is 5.69 Å². The number of aromatic carboxylic acids is 1. The molecule has 2 aromatic rings. The lowest BCUT2D eigenvalue weighted by atomic mass is 10.1. The quantitative estimate of drug-likeness (QED) is 0.899. The second kappa shape index (κ2) is 5.88. The Morgan fingerprint density at radius 1 is 1.20 bits per heavy atom. The van der Waals surface area contributed by atoms with Crippen molar-refractivity contribution in [1.82, 2.24) is 0 Å². The van der Waals surface area contributed by atoms with Crippen LogP contribution in [0.15, 0.2) is 36.4 Å². The standard InChI is InChI=1S/C14H10ClF2NO2/c15-12-3-2-10(6-11(12)14(19)20)18-7-8-5-9(16)1-4-13(8)17/h1-6,18H,7H2,(H,19,20). The number of carbonyl (C=O) groups is 1. The van der Waals surface area contributed by atoms with Crippen molar-refractivity contribution in [3.05, 3.63) is 64.2 Å². The number of rotatable bonds is 4. The molecule has 0 amide bonds. The fourth-order valence-corrected chi connectivity index (χ4v) is 1.87. The van der Waals surface area contributed by atoms with E-state index in [4.69, 9.17) is 16.7 Å². The first-order valence-electron chi connectivity index (χ1n) is 5.68. The Bertz CT molecular complexity index is 662. The van der Waals surface area contributed by atoms with E-state index in [2.05, 4.69) is 5.32 Å². The summed E-state index contributed by atoms with van der Waals surface area (Å²) < 4.78 is 26.4. The molecule has 0 fully saturated rings. The number of hydrogen-bond acceptors (Lipinski definition) is 2. The van der Waals surface area contributed by atoms with Crippen molar-refractivity contribution in [3.63, 3.8) is 0 Å². The Labute approximate surface area is 118 Å². The molecule has 0 bridgehead atoms. The highest BCUT2D eigenvalue weighted by molar-refractivity contribution is 6.33. The first kappa shape index (κ1) is 14.3. The molecular formula is C14H10ClF2NO2. The zero-order valence-electron chi connectivity index (χ0n) is 10.2. The van der Waals surface area contributed by atoms with Crippen LogP contribution >= 0.6 is 11.6 Å². The molecule has 3 nitrogen and oxygen atoms in total. The van der Waals surface area contributed by atoms with E-state index in [-0.39, 0.29) is 22.7 Å². The van der Waals surface area contributed by atoms with Crippen LogP contribution in [0.5, 0.6) is 0 Å².